The molecule has 0 atom stereocenters. The number of hydrogen-bond donors (Lipinski definition) is 0. The number of fused-ring (bicyclic) bond motifs is 1. The van der Waals surface area contributed by atoms with E-state index in [9.17, 15) is 4.79 Å². The molecule has 0 heterocycles. The lowest BCUT2D eigenvalue weighted by atomic mass is 9.95. The van der Waals surface area contributed by atoms with Gasteiger partial charge in [-0.3, -0.25) is 4.79 Å². The first kappa shape index (κ1) is 25.2. The van der Waals surface area contributed by atoms with Crippen LogP contribution in [-0.2, 0) is 21.7 Å². The van der Waals surface area contributed by atoms with Gasteiger partial charge in [0.1, 0.15) is 0 Å². The van der Waals surface area contributed by atoms with Crippen molar-refractivity contribution >= 4 is 28.5 Å². The van der Waals surface area contributed by atoms with Gasteiger partial charge in [0.2, 0.25) is 0 Å². The summed E-state index contributed by atoms with van der Waals surface area (Å²) >= 11 is 0. The number of allylic oxidation sites excluding steroid dienone is 1. The first-order valence-electron chi connectivity index (χ1n) is 11.2. The Labute approximate surface area is 186 Å². The quantitative estimate of drug-likeness (QED) is 0.402. The van der Waals surface area contributed by atoms with E-state index < -0.39 is 16.6 Å². The van der Waals surface area contributed by atoms with Crippen LogP contribution in [0.3, 0.4) is 0 Å². The van der Waals surface area contributed by atoms with Crippen molar-refractivity contribution in [2.45, 2.75) is 90.6 Å². The summed E-state index contributed by atoms with van der Waals surface area (Å²) in [6.07, 6.45) is 5.30. The Morgan fingerprint density at radius 3 is 1.77 bits per heavy atom. The average molecular weight is 447 g/mol. The van der Waals surface area contributed by atoms with Crippen molar-refractivity contribution in [3.05, 3.63) is 40.5 Å². The minimum Gasteiger partial charge on any atom is -0.416 e. The van der Waals surface area contributed by atoms with Gasteiger partial charge in [0, 0.05) is 18.8 Å². The van der Waals surface area contributed by atoms with Gasteiger partial charge in [-0.25, -0.2) is 0 Å². The standard InChI is InChI=1S/C25H42O3Si2/c1-24(2,3)29(7,8)27-15-13-19-17-20-11-12-22(26)23(20)21(18-19)14-16-28-30(9,10)25(4,5)6/h11-12,17-18H,13-16H2,1-10H3. The molecule has 30 heavy (non-hydrogen) atoms. The summed E-state index contributed by atoms with van der Waals surface area (Å²) in [6, 6.07) is 4.36. The molecule has 0 aliphatic heterocycles. The molecule has 0 saturated heterocycles. The number of carbonyl (C=O) groups excluding carboxylic acids is 1. The largest absolute Gasteiger partial charge is 0.416 e. The predicted molar refractivity (Wildman–Crippen MR) is 134 cm³/mol. The summed E-state index contributed by atoms with van der Waals surface area (Å²) < 4.78 is 12.8. The number of rotatable bonds is 8. The average Bonchev–Trinajstić information content (AvgIpc) is 2.93. The molecule has 168 valence electrons. The van der Waals surface area contributed by atoms with Crippen molar-refractivity contribution < 1.29 is 13.6 Å². The number of benzene rings is 1. The molecule has 5 heteroatoms. The van der Waals surface area contributed by atoms with Crippen LogP contribution in [0.1, 0.15) is 68.6 Å². The third-order valence-corrected chi connectivity index (χ3v) is 16.3. The normalized spacial score (nSPS) is 15.1. The first-order valence-corrected chi connectivity index (χ1v) is 17.0. The van der Waals surface area contributed by atoms with E-state index in [1.54, 1.807) is 6.08 Å². The predicted octanol–water partition coefficient (Wildman–Crippen LogP) is 7.02. The van der Waals surface area contributed by atoms with Crippen molar-refractivity contribution in [1.82, 2.24) is 0 Å². The van der Waals surface area contributed by atoms with Crippen molar-refractivity contribution in [3.8, 4) is 0 Å². The Bertz CT molecular complexity index is 809. The maximum atomic E-state index is 12.4. The molecule has 0 saturated carbocycles. The highest BCUT2D eigenvalue weighted by Gasteiger charge is 2.38. The second-order valence-electron chi connectivity index (χ2n) is 11.6. The van der Waals surface area contributed by atoms with Crippen LogP contribution in [0, 0.1) is 0 Å². The van der Waals surface area contributed by atoms with Crippen LogP contribution in [-0.4, -0.2) is 35.6 Å². The summed E-state index contributed by atoms with van der Waals surface area (Å²) in [6.45, 7) is 24.1. The number of carbonyl (C=O) groups is 1. The minimum atomic E-state index is -1.79. The molecule has 0 unspecified atom stereocenters. The molecule has 1 aromatic carbocycles. The molecule has 0 amide bonds. The fourth-order valence-electron chi connectivity index (χ4n) is 3.09. The van der Waals surface area contributed by atoms with Crippen LogP contribution in [0.2, 0.25) is 36.3 Å². The zero-order valence-electron chi connectivity index (χ0n) is 20.9. The van der Waals surface area contributed by atoms with Gasteiger partial charge < -0.3 is 8.85 Å². The molecule has 1 aliphatic carbocycles. The molecular weight excluding hydrogens is 404 g/mol. The van der Waals surface area contributed by atoms with Gasteiger partial charge in [0.15, 0.2) is 22.4 Å². The summed E-state index contributed by atoms with van der Waals surface area (Å²) in [7, 11) is -3.54. The molecule has 2 rings (SSSR count). The van der Waals surface area contributed by atoms with Crippen LogP contribution < -0.4 is 0 Å². The van der Waals surface area contributed by atoms with Gasteiger partial charge in [-0.2, -0.15) is 0 Å². The minimum absolute atomic E-state index is 0.122. The summed E-state index contributed by atoms with van der Waals surface area (Å²) in [5.41, 5.74) is 4.27. The van der Waals surface area contributed by atoms with E-state index in [4.69, 9.17) is 8.85 Å². The molecule has 0 radical (unpaired) electrons. The monoisotopic (exact) mass is 446 g/mol. The second kappa shape index (κ2) is 8.85. The SMILES string of the molecule is CC(C)(C)[Si](C)(C)OCCc1cc2c(c(CCO[Si](C)(C)C(C)(C)C)c1)C(=O)C=C2. The van der Waals surface area contributed by atoms with E-state index in [1.165, 1.54) is 5.56 Å². The molecule has 0 N–H and O–H groups in total. The number of hydrogen-bond acceptors (Lipinski definition) is 3. The summed E-state index contributed by atoms with van der Waals surface area (Å²) in [5, 5.41) is 0.404. The van der Waals surface area contributed by atoms with Gasteiger partial charge in [0.25, 0.3) is 0 Å². The van der Waals surface area contributed by atoms with Gasteiger partial charge in [-0.05, 0) is 71.9 Å². The Kier molecular flexibility index (Phi) is 7.45. The van der Waals surface area contributed by atoms with Gasteiger partial charge in [-0.15, -0.1) is 0 Å². The van der Waals surface area contributed by atoms with Gasteiger partial charge in [0.05, 0.1) is 0 Å². The van der Waals surface area contributed by atoms with Crippen LogP contribution in [0.4, 0.5) is 0 Å². The Morgan fingerprint density at radius 2 is 1.27 bits per heavy atom. The maximum Gasteiger partial charge on any atom is 0.191 e. The number of ketones is 1. The lowest BCUT2D eigenvalue weighted by Gasteiger charge is -2.36. The Hall–Kier alpha value is -1.02. The smallest absolute Gasteiger partial charge is 0.191 e. The molecule has 0 bridgehead atoms. The van der Waals surface area contributed by atoms with E-state index in [1.807, 2.05) is 6.08 Å². The van der Waals surface area contributed by atoms with Crippen LogP contribution >= 0.6 is 0 Å². The molecule has 1 aromatic rings. The highest BCUT2D eigenvalue weighted by molar-refractivity contribution is 6.74. The first-order chi connectivity index (χ1) is 13.6. The van der Waals surface area contributed by atoms with E-state index in [0.717, 1.165) is 36.1 Å². The zero-order chi connectivity index (χ0) is 23.0. The molecule has 3 nitrogen and oxygen atoms in total. The fourth-order valence-corrected chi connectivity index (χ4v) is 5.18. The van der Waals surface area contributed by atoms with E-state index in [0.29, 0.717) is 6.61 Å². The van der Waals surface area contributed by atoms with Crippen LogP contribution in [0.25, 0.3) is 6.08 Å². The van der Waals surface area contributed by atoms with Crippen LogP contribution in [0.5, 0.6) is 0 Å². The van der Waals surface area contributed by atoms with Gasteiger partial charge >= 0.3 is 0 Å². The summed E-state index contributed by atoms with van der Waals surface area (Å²) in [5.74, 6) is 0.122. The summed E-state index contributed by atoms with van der Waals surface area (Å²) in [4.78, 5) is 12.4. The maximum absolute atomic E-state index is 12.4. The lowest BCUT2D eigenvalue weighted by Crippen LogP contribution is -2.41. The van der Waals surface area contributed by atoms with Crippen molar-refractivity contribution in [1.29, 1.82) is 0 Å². The Morgan fingerprint density at radius 1 is 0.767 bits per heavy atom. The topological polar surface area (TPSA) is 35.5 Å². The molecule has 1 aliphatic rings. The van der Waals surface area contributed by atoms with Crippen molar-refractivity contribution in [2.24, 2.45) is 0 Å². The van der Waals surface area contributed by atoms with Gasteiger partial charge in [-0.1, -0.05) is 59.8 Å². The fraction of sp³-hybridized carbons (Fsp3) is 0.640. The highest BCUT2D eigenvalue weighted by Crippen LogP contribution is 2.37. The van der Waals surface area contributed by atoms with Crippen molar-refractivity contribution in [3.63, 3.8) is 0 Å². The second-order valence-corrected chi connectivity index (χ2v) is 21.3. The molecule has 0 spiro atoms. The van der Waals surface area contributed by atoms with Crippen molar-refractivity contribution in [2.75, 3.05) is 13.2 Å². The van der Waals surface area contributed by atoms with E-state index in [2.05, 4.69) is 79.9 Å². The third kappa shape index (κ3) is 5.81. The van der Waals surface area contributed by atoms with Crippen LogP contribution in [0.15, 0.2) is 18.2 Å². The lowest BCUT2D eigenvalue weighted by molar-refractivity contribution is 0.104. The van der Waals surface area contributed by atoms with E-state index >= 15 is 0 Å². The highest BCUT2D eigenvalue weighted by atomic mass is 28.4. The molecule has 0 fully saturated rings. The Balaban J connectivity index is 2.12. The molecular formula is C25H42O3Si2. The molecule has 0 aromatic heterocycles. The zero-order valence-corrected chi connectivity index (χ0v) is 22.9. The third-order valence-electron chi connectivity index (χ3n) is 7.27. The van der Waals surface area contributed by atoms with E-state index in [-0.39, 0.29) is 15.9 Å².